The van der Waals surface area contributed by atoms with Crippen LogP contribution in [0.15, 0.2) is 54.7 Å². The number of H-pyrrole nitrogens is 1. The number of nitrogens with one attached hydrogen (secondary N) is 2. The van der Waals surface area contributed by atoms with Gasteiger partial charge in [0.1, 0.15) is 5.75 Å². The molecule has 1 unspecified atom stereocenters. The second kappa shape index (κ2) is 11.3. The van der Waals surface area contributed by atoms with Gasteiger partial charge in [-0.15, -0.1) is 0 Å². The molecule has 1 atom stereocenters. The maximum atomic E-state index is 12.8. The normalized spacial score (nSPS) is 22.6. The summed E-state index contributed by atoms with van der Waals surface area (Å²) < 4.78 is 5.56. The van der Waals surface area contributed by atoms with E-state index in [2.05, 4.69) is 46.8 Å². The summed E-state index contributed by atoms with van der Waals surface area (Å²) in [7, 11) is 0. The topological polar surface area (TPSA) is 100 Å². The van der Waals surface area contributed by atoms with Crippen LogP contribution in [-0.2, 0) is 16.0 Å². The Kier molecular flexibility index (Phi) is 7.42. The second-order valence-electron chi connectivity index (χ2n) is 11.3. The Morgan fingerprint density at radius 1 is 1.05 bits per heavy atom. The number of nitrogens with zero attached hydrogens (tertiary/aromatic N) is 1. The lowest BCUT2D eigenvalue weighted by atomic mass is 9.80. The van der Waals surface area contributed by atoms with Gasteiger partial charge in [-0.2, -0.15) is 0 Å². The molecule has 0 bridgehead atoms. The smallest absolute Gasteiger partial charge is 0.246 e. The van der Waals surface area contributed by atoms with E-state index in [1.54, 1.807) is 6.08 Å². The van der Waals surface area contributed by atoms with Crippen molar-refractivity contribution < 1.29 is 14.3 Å². The van der Waals surface area contributed by atoms with Crippen molar-refractivity contribution in [2.24, 2.45) is 11.7 Å². The molecular formula is C32H38N4O3. The van der Waals surface area contributed by atoms with Crippen LogP contribution in [0.4, 0.5) is 0 Å². The SMILES string of the molecule is NC(=O)C(NC1CCC(c2c[nH]c3ccccc23)CC1)C1CCN(C(=O)/C=C/c2ccc3c(c2)CCO3)CC1. The zero-order chi connectivity index (χ0) is 26.8. The van der Waals surface area contributed by atoms with Gasteiger partial charge in [0, 0.05) is 48.7 Å². The van der Waals surface area contributed by atoms with E-state index in [4.69, 9.17) is 10.5 Å². The molecule has 6 rings (SSSR count). The van der Waals surface area contributed by atoms with Crippen LogP contribution in [0.5, 0.6) is 5.75 Å². The lowest BCUT2D eigenvalue weighted by Crippen LogP contribution is -2.54. The summed E-state index contributed by atoms with van der Waals surface area (Å²) in [6.45, 7) is 2.01. The monoisotopic (exact) mass is 526 g/mol. The molecule has 3 aliphatic rings. The number of likely N-dealkylation sites (tertiary alicyclic amines) is 1. The van der Waals surface area contributed by atoms with Crippen molar-refractivity contribution in [2.45, 2.75) is 62.9 Å². The Balaban J connectivity index is 0.998. The number of primary amides is 1. The van der Waals surface area contributed by atoms with Crippen LogP contribution in [0.3, 0.4) is 0 Å². The molecule has 2 amide bonds. The van der Waals surface area contributed by atoms with Crippen LogP contribution < -0.4 is 15.8 Å². The van der Waals surface area contributed by atoms with Gasteiger partial charge in [0.2, 0.25) is 11.8 Å². The van der Waals surface area contributed by atoms with Gasteiger partial charge in [-0.25, -0.2) is 0 Å². The summed E-state index contributed by atoms with van der Waals surface area (Å²) in [6, 6.07) is 14.5. The van der Waals surface area contributed by atoms with Crippen molar-refractivity contribution in [2.75, 3.05) is 19.7 Å². The van der Waals surface area contributed by atoms with Crippen molar-refractivity contribution in [3.8, 4) is 5.75 Å². The van der Waals surface area contributed by atoms with E-state index in [0.29, 0.717) is 25.0 Å². The number of amides is 2. The third-order valence-electron chi connectivity index (χ3n) is 8.96. The average Bonchev–Trinajstić information content (AvgIpc) is 3.62. The molecule has 4 N–H and O–H groups in total. The minimum atomic E-state index is -0.346. The quantitative estimate of drug-likeness (QED) is 0.394. The molecule has 3 aromatic rings. The Bertz CT molecular complexity index is 1360. The highest BCUT2D eigenvalue weighted by atomic mass is 16.5. The van der Waals surface area contributed by atoms with Crippen molar-refractivity contribution in [3.05, 3.63) is 71.4 Å². The van der Waals surface area contributed by atoms with Crippen LogP contribution >= 0.6 is 0 Å². The minimum Gasteiger partial charge on any atom is -0.493 e. The molecule has 39 heavy (non-hydrogen) atoms. The van der Waals surface area contributed by atoms with Gasteiger partial charge in [-0.3, -0.25) is 9.59 Å². The highest BCUT2D eigenvalue weighted by molar-refractivity contribution is 5.92. The fraction of sp³-hybridized carbons (Fsp3) is 0.438. The standard InChI is InChI=1S/C32H38N4O3/c33-32(38)31(35-25-9-7-22(8-10-25)27-20-34-28-4-2-1-3-26(27)28)23-13-16-36(17-14-23)30(37)12-6-21-5-11-29-24(19-21)15-18-39-29/h1-6,11-12,19-20,22-23,25,31,34-35H,7-10,13-18H2,(H2,33,38)/b12-6+. The molecule has 7 heteroatoms. The van der Waals surface area contributed by atoms with Crippen molar-refractivity contribution >= 4 is 28.8 Å². The van der Waals surface area contributed by atoms with Crippen molar-refractivity contribution in [1.29, 1.82) is 0 Å². The molecule has 3 heterocycles. The third kappa shape index (κ3) is 5.59. The fourth-order valence-electron chi connectivity index (χ4n) is 6.74. The van der Waals surface area contributed by atoms with Gasteiger partial charge in [0.05, 0.1) is 12.6 Å². The summed E-state index contributed by atoms with van der Waals surface area (Å²) >= 11 is 0. The van der Waals surface area contributed by atoms with Crippen molar-refractivity contribution in [1.82, 2.24) is 15.2 Å². The first kappa shape index (κ1) is 25.7. The molecule has 1 aliphatic carbocycles. The molecule has 0 radical (unpaired) electrons. The number of aromatic amines is 1. The summed E-state index contributed by atoms with van der Waals surface area (Å²) in [5.41, 5.74) is 10.7. The second-order valence-corrected chi connectivity index (χ2v) is 11.3. The number of para-hydroxylation sites is 1. The van der Waals surface area contributed by atoms with Gasteiger partial charge in [0.25, 0.3) is 0 Å². The maximum Gasteiger partial charge on any atom is 0.246 e. The molecule has 1 saturated carbocycles. The first-order chi connectivity index (χ1) is 19.0. The Labute approximate surface area is 229 Å². The first-order valence-electron chi connectivity index (χ1n) is 14.4. The molecule has 0 spiro atoms. The number of rotatable bonds is 7. The number of nitrogens with two attached hydrogens (primary N) is 1. The third-order valence-corrected chi connectivity index (χ3v) is 8.96. The number of carbonyl (C=O) groups excluding carboxylic acids is 2. The van der Waals surface area contributed by atoms with Crippen LogP contribution in [0.25, 0.3) is 17.0 Å². The number of carbonyl (C=O) groups is 2. The zero-order valence-electron chi connectivity index (χ0n) is 22.4. The van der Waals surface area contributed by atoms with Crippen molar-refractivity contribution in [3.63, 3.8) is 0 Å². The average molecular weight is 527 g/mol. The van der Waals surface area contributed by atoms with Crippen LogP contribution in [-0.4, -0.2) is 53.5 Å². The first-order valence-corrected chi connectivity index (χ1v) is 14.4. The number of hydrogen-bond donors (Lipinski definition) is 3. The fourth-order valence-corrected chi connectivity index (χ4v) is 6.74. The number of aromatic nitrogens is 1. The van der Waals surface area contributed by atoms with E-state index in [1.165, 1.54) is 22.0 Å². The highest BCUT2D eigenvalue weighted by Gasteiger charge is 2.34. The van der Waals surface area contributed by atoms with Gasteiger partial charge in [0.15, 0.2) is 0 Å². The van der Waals surface area contributed by atoms with Crippen LogP contribution in [0, 0.1) is 5.92 Å². The van der Waals surface area contributed by atoms with Gasteiger partial charge < -0.3 is 25.7 Å². The number of fused-ring (bicyclic) bond motifs is 2. The van der Waals surface area contributed by atoms with Gasteiger partial charge in [-0.1, -0.05) is 24.3 Å². The molecule has 7 nitrogen and oxygen atoms in total. The molecular weight excluding hydrogens is 488 g/mol. The highest BCUT2D eigenvalue weighted by Crippen LogP contribution is 2.37. The molecule has 2 aromatic carbocycles. The number of piperidine rings is 1. The molecule has 1 aromatic heterocycles. The van der Waals surface area contributed by atoms with E-state index in [1.807, 2.05) is 23.1 Å². The molecule has 2 fully saturated rings. The summed E-state index contributed by atoms with van der Waals surface area (Å²) in [5.74, 6) is 1.38. The lowest BCUT2D eigenvalue weighted by molar-refractivity contribution is -0.128. The molecule has 1 saturated heterocycles. The van der Waals surface area contributed by atoms with Crippen LogP contribution in [0.1, 0.15) is 61.1 Å². The van der Waals surface area contributed by atoms with Gasteiger partial charge in [-0.05, 0) is 91.3 Å². The molecule has 2 aliphatic heterocycles. The predicted molar refractivity (Wildman–Crippen MR) is 153 cm³/mol. The largest absolute Gasteiger partial charge is 0.493 e. The summed E-state index contributed by atoms with van der Waals surface area (Å²) in [4.78, 5) is 30.6. The van der Waals surface area contributed by atoms with Crippen LogP contribution in [0.2, 0.25) is 0 Å². The lowest BCUT2D eigenvalue weighted by Gasteiger charge is -2.38. The molecule has 204 valence electrons. The maximum absolute atomic E-state index is 12.8. The van der Waals surface area contributed by atoms with E-state index in [9.17, 15) is 9.59 Å². The van der Waals surface area contributed by atoms with E-state index < -0.39 is 0 Å². The Hall–Kier alpha value is -3.58. The zero-order valence-corrected chi connectivity index (χ0v) is 22.4. The number of ether oxygens (including phenoxy) is 1. The van der Waals surface area contributed by atoms with E-state index in [-0.39, 0.29) is 23.8 Å². The Morgan fingerprint density at radius 2 is 1.85 bits per heavy atom. The Morgan fingerprint density at radius 3 is 2.64 bits per heavy atom. The summed E-state index contributed by atoms with van der Waals surface area (Å²) in [5, 5.41) is 4.95. The summed E-state index contributed by atoms with van der Waals surface area (Å²) in [6.07, 6.45) is 12.4. The number of benzene rings is 2. The van der Waals surface area contributed by atoms with E-state index in [0.717, 1.165) is 62.9 Å². The van der Waals surface area contributed by atoms with E-state index >= 15 is 0 Å². The predicted octanol–water partition coefficient (Wildman–Crippen LogP) is 4.52. The minimum absolute atomic E-state index is 0.0179. The number of hydrogen-bond acceptors (Lipinski definition) is 4. The van der Waals surface area contributed by atoms with Gasteiger partial charge >= 0.3 is 0 Å².